The van der Waals surface area contributed by atoms with E-state index >= 15 is 0 Å². The summed E-state index contributed by atoms with van der Waals surface area (Å²) >= 11 is 12.3. The number of nitriles is 1. The van der Waals surface area contributed by atoms with Crippen molar-refractivity contribution in [3.63, 3.8) is 0 Å². The number of aliphatic carboxylic acids is 1. The van der Waals surface area contributed by atoms with E-state index in [1.807, 2.05) is 0 Å². The second-order valence-electron chi connectivity index (χ2n) is 3.08. The number of thiol groups is 3. The van der Waals surface area contributed by atoms with E-state index in [4.69, 9.17) is 10.4 Å². The third-order valence-electron chi connectivity index (χ3n) is 2.23. The number of hydrogen-bond donors (Lipinski definition) is 4. The third-order valence-corrected chi connectivity index (χ3v) is 3.51. The van der Waals surface area contributed by atoms with E-state index < -0.39 is 14.8 Å². The summed E-state index contributed by atoms with van der Waals surface area (Å²) in [4.78, 5) is 10.4. The van der Waals surface area contributed by atoms with Gasteiger partial charge in [0.1, 0.15) is 3.41 Å². The number of carboxylic acid groups (broad SMARTS) is 1. The molecule has 6 heteroatoms. The molecule has 1 unspecified atom stereocenters. The van der Waals surface area contributed by atoms with E-state index in [1.165, 1.54) is 0 Å². The number of rotatable bonds is 5. The molecule has 3 nitrogen and oxygen atoms in total. The van der Waals surface area contributed by atoms with Crippen LogP contribution in [0.15, 0.2) is 0 Å². The van der Waals surface area contributed by atoms with E-state index in [1.54, 1.807) is 6.92 Å². The van der Waals surface area contributed by atoms with E-state index in [9.17, 15) is 4.79 Å². The van der Waals surface area contributed by atoms with Crippen molar-refractivity contribution in [3.05, 3.63) is 0 Å². The van der Waals surface area contributed by atoms with E-state index in [2.05, 4.69) is 44.0 Å². The first-order chi connectivity index (χ1) is 6.29. The van der Waals surface area contributed by atoms with Crippen molar-refractivity contribution in [1.82, 2.24) is 0 Å². The van der Waals surface area contributed by atoms with Crippen molar-refractivity contribution in [3.8, 4) is 6.07 Å². The second-order valence-corrected chi connectivity index (χ2v) is 6.15. The minimum Gasteiger partial charge on any atom is -0.481 e. The number of carbonyl (C=O) groups is 1. The molecule has 0 fully saturated rings. The highest BCUT2D eigenvalue weighted by Crippen LogP contribution is 2.48. The molecule has 1 atom stereocenters. The molecular formula is C8H13NO2S3. The minimum atomic E-state index is -1.09. The SMILES string of the molecule is CCC(C#N)(CCC(=O)O)C(S)(S)S. The van der Waals surface area contributed by atoms with Crippen molar-refractivity contribution in [2.75, 3.05) is 0 Å². The van der Waals surface area contributed by atoms with Gasteiger partial charge < -0.3 is 5.11 Å². The maximum atomic E-state index is 10.4. The molecule has 0 aliphatic carbocycles. The predicted molar refractivity (Wildman–Crippen MR) is 64.9 cm³/mol. The van der Waals surface area contributed by atoms with Crippen molar-refractivity contribution in [2.24, 2.45) is 5.41 Å². The van der Waals surface area contributed by atoms with E-state index in [0.29, 0.717) is 6.42 Å². The molecule has 0 saturated carbocycles. The van der Waals surface area contributed by atoms with E-state index in [-0.39, 0.29) is 12.8 Å². The Labute approximate surface area is 100 Å². The quantitative estimate of drug-likeness (QED) is 0.447. The van der Waals surface area contributed by atoms with Gasteiger partial charge in [-0.15, -0.1) is 37.9 Å². The maximum Gasteiger partial charge on any atom is 0.303 e. The summed E-state index contributed by atoms with van der Waals surface area (Å²) in [5, 5.41) is 17.6. The average Bonchev–Trinajstić information content (AvgIpc) is 2.04. The van der Waals surface area contributed by atoms with Crippen LogP contribution in [-0.2, 0) is 4.79 Å². The molecule has 0 aromatic heterocycles. The fraction of sp³-hybridized carbons (Fsp3) is 0.750. The van der Waals surface area contributed by atoms with Gasteiger partial charge in [0.25, 0.3) is 0 Å². The van der Waals surface area contributed by atoms with Gasteiger partial charge in [0, 0.05) is 6.42 Å². The molecule has 0 aliphatic rings. The van der Waals surface area contributed by atoms with Gasteiger partial charge in [0.2, 0.25) is 0 Å². The van der Waals surface area contributed by atoms with Crippen molar-refractivity contribution < 1.29 is 9.90 Å². The molecule has 0 heterocycles. The van der Waals surface area contributed by atoms with Crippen LogP contribution in [0.25, 0.3) is 0 Å². The second kappa shape index (κ2) is 5.19. The van der Waals surface area contributed by atoms with Crippen LogP contribution in [0.5, 0.6) is 0 Å². The molecule has 0 aromatic rings. The van der Waals surface area contributed by atoms with Crippen LogP contribution in [0.1, 0.15) is 26.2 Å². The Morgan fingerprint density at radius 3 is 2.21 bits per heavy atom. The molecule has 1 N–H and O–H groups in total. The lowest BCUT2D eigenvalue weighted by Gasteiger charge is -2.35. The maximum absolute atomic E-state index is 10.4. The van der Waals surface area contributed by atoms with Crippen LogP contribution in [0, 0.1) is 16.7 Å². The lowest BCUT2D eigenvalue weighted by Crippen LogP contribution is -2.34. The first-order valence-corrected chi connectivity index (χ1v) is 5.43. The van der Waals surface area contributed by atoms with Gasteiger partial charge in [-0.2, -0.15) is 5.26 Å². The van der Waals surface area contributed by atoms with Gasteiger partial charge >= 0.3 is 5.97 Å². The number of hydrogen-bond acceptors (Lipinski definition) is 5. The van der Waals surface area contributed by atoms with Crippen molar-refractivity contribution >= 4 is 43.9 Å². The van der Waals surface area contributed by atoms with Crippen LogP contribution in [0.4, 0.5) is 0 Å². The topological polar surface area (TPSA) is 61.1 Å². The van der Waals surface area contributed by atoms with Crippen LogP contribution < -0.4 is 0 Å². The monoisotopic (exact) mass is 251 g/mol. The summed E-state index contributed by atoms with van der Waals surface area (Å²) in [6, 6.07) is 2.07. The fourth-order valence-electron chi connectivity index (χ4n) is 1.11. The van der Waals surface area contributed by atoms with E-state index in [0.717, 1.165) is 0 Å². The molecule has 0 radical (unpaired) electrons. The summed E-state index contributed by atoms with van der Waals surface area (Å²) in [5.74, 6) is -0.933. The minimum absolute atomic E-state index is 0.0785. The smallest absolute Gasteiger partial charge is 0.303 e. The Hall–Kier alpha value is 0.01000. The first-order valence-electron chi connectivity index (χ1n) is 4.09. The lowest BCUT2D eigenvalue weighted by atomic mass is 9.83. The normalized spacial score (nSPS) is 15.6. The van der Waals surface area contributed by atoms with Gasteiger partial charge in [-0.1, -0.05) is 6.92 Å². The highest BCUT2D eigenvalue weighted by atomic mass is 32.2. The molecule has 0 aliphatic heterocycles. The Balaban J connectivity index is 4.74. The summed E-state index contributed by atoms with van der Waals surface area (Å²) in [7, 11) is 0. The number of nitrogens with zero attached hydrogens (tertiary/aromatic N) is 1. The molecule has 0 saturated heterocycles. The Morgan fingerprint density at radius 1 is 1.50 bits per heavy atom. The molecule has 80 valence electrons. The summed E-state index contributed by atoms with van der Waals surface area (Å²) in [6.45, 7) is 1.79. The third kappa shape index (κ3) is 3.30. The fourth-order valence-corrected chi connectivity index (χ4v) is 2.07. The van der Waals surface area contributed by atoms with Gasteiger partial charge in [-0.25, -0.2) is 0 Å². The number of carboxylic acids is 1. The zero-order valence-electron chi connectivity index (χ0n) is 7.77. The van der Waals surface area contributed by atoms with Crippen molar-refractivity contribution in [1.29, 1.82) is 5.26 Å². The molecule has 0 bridgehead atoms. The largest absolute Gasteiger partial charge is 0.481 e. The van der Waals surface area contributed by atoms with Crippen LogP contribution in [0.2, 0.25) is 0 Å². The zero-order chi connectivity index (χ0) is 11.4. The standard InChI is InChI=1S/C8H13NO2S3/c1-2-7(5-9,8(12,13)14)4-3-6(10)11/h12-14H,2-4H2,1H3,(H,10,11). The zero-order valence-corrected chi connectivity index (χ0v) is 10.4. The van der Waals surface area contributed by atoms with Gasteiger partial charge in [-0.05, 0) is 12.8 Å². The Bertz CT molecular complexity index is 256. The van der Waals surface area contributed by atoms with Gasteiger partial charge in [0.05, 0.1) is 11.5 Å². The molecule has 0 amide bonds. The average molecular weight is 251 g/mol. The predicted octanol–water partition coefficient (Wildman–Crippen LogP) is 2.21. The molecule has 14 heavy (non-hydrogen) atoms. The lowest BCUT2D eigenvalue weighted by molar-refractivity contribution is -0.137. The Morgan fingerprint density at radius 2 is 2.00 bits per heavy atom. The molecule has 0 aromatic carbocycles. The van der Waals surface area contributed by atoms with Crippen molar-refractivity contribution in [2.45, 2.75) is 29.6 Å². The summed E-state index contributed by atoms with van der Waals surface area (Å²) in [6.07, 6.45) is 0.587. The molecular weight excluding hydrogens is 238 g/mol. The highest BCUT2D eigenvalue weighted by Gasteiger charge is 2.43. The van der Waals surface area contributed by atoms with Crippen LogP contribution >= 0.6 is 37.9 Å². The summed E-state index contributed by atoms with van der Waals surface area (Å²) in [5.41, 5.74) is -0.930. The molecule has 0 rings (SSSR count). The Kier molecular flexibility index (Phi) is 5.20. The summed E-state index contributed by atoms with van der Waals surface area (Å²) < 4.78 is -1.09. The van der Waals surface area contributed by atoms with Gasteiger partial charge in [0.15, 0.2) is 0 Å². The highest BCUT2D eigenvalue weighted by molar-refractivity contribution is 8.17. The van der Waals surface area contributed by atoms with Gasteiger partial charge in [-0.3, -0.25) is 4.79 Å². The first kappa shape index (κ1) is 14.0. The molecule has 0 spiro atoms. The van der Waals surface area contributed by atoms with Crippen LogP contribution in [0.3, 0.4) is 0 Å². The van der Waals surface area contributed by atoms with Crippen LogP contribution in [-0.4, -0.2) is 14.5 Å².